The van der Waals surface area contributed by atoms with Crippen molar-refractivity contribution in [3.05, 3.63) is 95.0 Å². The summed E-state index contributed by atoms with van der Waals surface area (Å²) in [5, 5.41) is 17.1. The molecule has 0 bridgehead atoms. The first-order valence-corrected chi connectivity index (χ1v) is 33.6. The summed E-state index contributed by atoms with van der Waals surface area (Å²) in [7, 11) is 6.90. The number of thiazole rings is 2. The second-order valence-corrected chi connectivity index (χ2v) is 27.2. The Hall–Kier alpha value is -7.58. The number of carboxylic acids is 1. The molecule has 1 N–H and O–H groups in total. The van der Waals surface area contributed by atoms with Crippen molar-refractivity contribution in [3.8, 4) is 44.4 Å². The third-order valence-electron chi connectivity index (χ3n) is 19.7. The first kappa shape index (κ1) is 64.0. The third kappa shape index (κ3) is 13.3. The van der Waals surface area contributed by atoms with Crippen molar-refractivity contribution in [1.82, 2.24) is 29.7 Å². The molecule has 4 aromatic heterocycles. The molecule has 20 heteroatoms. The van der Waals surface area contributed by atoms with Crippen molar-refractivity contribution in [1.29, 1.82) is 0 Å². The highest BCUT2D eigenvalue weighted by Gasteiger charge is 2.63. The monoisotopic (exact) mass is 1260 g/mol. The van der Waals surface area contributed by atoms with Gasteiger partial charge in [-0.15, -0.1) is 22.7 Å². The summed E-state index contributed by atoms with van der Waals surface area (Å²) in [5.41, 5.74) is 2.71. The molecule has 2 aliphatic heterocycles. The van der Waals surface area contributed by atoms with Gasteiger partial charge in [-0.2, -0.15) is 0 Å². The van der Waals surface area contributed by atoms with Crippen LogP contribution in [0.2, 0.25) is 0 Å². The van der Waals surface area contributed by atoms with E-state index in [4.69, 9.17) is 33.7 Å². The molecule has 18 nitrogen and oxygen atoms in total. The fourth-order valence-corrected chi connectivity index (χ4v) is 15.6. The van der Waals surface area contributed by atoms with E-state index in [2.05, 4.69) is 28.2 Å². The summed E-state index contributed by atoms with van der Waals surface area (Å²) in [6, 6.07) is 11.4. The van der Waals surface area contributed by atoms with E-state index >= 15 is 0 Å². The maximum atomic E-state index is 14.2. The number of hydrogen-bond donors (Lipinski definition) is 1. The van der Waals surface area contributed by atoms with Gasteiger partial charge in [-0.05, 0) is 134 Å². The number of carbonyl (C=O) groups is 6. The first-order valence-electron chi connectivity index (χ1n) is 31.9. The van der Waals surface area contributed by atoms with Crippen LogP contribution in [0.15, 0.2) is 83.9 Å². The van der Waals surface area contributed by atoms with Gasteiger partial charge in [-0.3, -0.25) is 28.8 Å². The Kier molecular flexibility index (Phi) is 19.5. The average Bonchev–Trinajstić information content (AvgIpc) is 1.57. The van der Waals surface area contributed by atoms with Crippen LogP contribution in [0.3, 0.4) is 0 Å². The number of esters is 1. The number of aromatic nitrogens is 4. The largest absolute Gasteiger partial charge is 0.496 e. The quantitative estimate of drug-likeness (QED) is 0.0939. The summed E-state index contributed by atoms with van der Waals surface area (Å²) in [6.45, 7) is 7.26. The normalized spacial score (nSPS) is 28.1. The van der Waals surface area contributed by atoms with Gasteiger partial charge in [0, 0.05) is 109 Å². The fraction of sp³-hybridized carbons (Fsp3) is 0.514. The predicted molar refractivity (Wildman–Crippen MR) is 345 cm³/mol. The Labute approximate surface area is 533 Å². The number of carboxylic acid groups (broad SMARTS) is 1. The lowest BCUT2D eigenvalue weighted by atomic mass is 9.84. The van der Waals surface area contributed by atoms with Gasteiger partial charge in [0.25, 0.3) is 0 Å². The van der Waals surface area contributed by atoms with Crippen molar-refractivity contribution in [2.45, 2.75) is 136 Å². The Morgan fingerprint density at radius 3 is 1.49 bits per heavy atom. The molecule has 10 atom stereocenters. The molecule has 12 rings (SSSR count). The number of aryl methyl sites for hydroxylation is 2. The van der Waals surface area contributed by atoms with Crippen molar-refractivity contribution in [2.75, 3.05) is 48.0 Å². The van der Waals surface area contributed by atoms with Crippen LogP contribution in [0.25, 0.3) is 43.2 Å². The minimum Gasteiger partial charge on any atom is -0.496 e. The van der Waals surface area contributed by atoms with E-state index in [0.29, 0.717) is 80.3 Å². The van der Waals surface area contributed by atoms with Crippen LogP contribution in [0, 0.1) is 60.2 Å². The number of Topliss-reactive ketones (excluding diaryl/α,β-unsaturated/α-hetero) is 2. The molecule has 6 heterocycles. The zero-order valence-electron chi connectivity index (χ0n) is 52.6. The number of fused-ring (bicyclic) bond motifs is 6. The molecule has 2 aromatic carbocycles. The molecule has 0 unspecified atom stereocenters. The lowest BCUT2D eigenvalue weighted by molar-refractivity contribution is -0.152. The molecule has 90 heavy (non-hydrogen) atoms. The third-order valence-corrected chi connectivity index (χ3v) is 21.3. The SMILES string of the molecule is CCOC(=O)[C@]12CC(=O)[C@@H]3C[C@@H](Oc4cc(-c5nccs5)nc5c(C)c(OC)ccc45)C[C@H]3C(=O)N(C)CCCCC/C=C\[C@@H]1C2.COc1ccc2c(O[C@@H]3C[C@H]4C(=O)C[C@]5(C(=O)O)C[C@H]5/C=C\CCCCCN(C)C(=O)[C@@H]4C3)cc(-c3nccs3)nc2c1C. The lowest BCUT2D eigenvalue weighted by Crippen LogP contribution is -2.38. The molecule has 4 saturated carbocycles. The van der Waals surface area contributed by atoms with Gasteiger partial charge in [0.1, 0.15) is 68.2 Å². The predicted octanol–water partition coefficient (Wildman–Crippen LogP) is 12.7. The van der Waals surface area contributed by atoms with Crippen molar-refractivity contribution < 1.29 is 57.6 Å². The summed E-state index contributed by atoms with van der Waals surface area (Å²) < 4.78 is 30.0. The minimum absolute atomic E-state index is 0.0152. The Bertz CT molecular complexity index is 3720. The van der Waals surface area contributed by atoms with Gasteiger partial charge in [-0.25, -0.2) is 19.9 Å². The van der Waals surface area contributed by atoms with E-state index in [1.54, 1.807) is 50.4 Å². The standard InChI is InChI=1S/C36H43N3O6S.C34H39N3O6S/c1-5-44-35(42)36-20-23(36)11-9-7-6-8-10-15-39(3)34(41)27-18-24(17-26(27)29(40)21-36)45-31-19-28(33-37-14-16-46-33)38-32-22(2)30(43-4)13-12-25(31)32;1-20-28(42-3)11-10-23-29(17-26(36-30(20)23)31-35-12-14-44-31)43-22-15-24-25(16-22)32(39)37(2)13-8-6-4-5-7-9-21-18-34(21,33(40)41)19-27(24)38/h9,11-14,16,19,23-24,26-27H,5-8,10,15,17-18,20-21H2,1-4H3;7,9-12,14,17,21-22,24-25H,4-6,8,13,15-16,18-19H2,1-3H3,(H,40,41)/b11-9-;9-7-/t23-,24-,26-,27-,36-;21-,22-,24-,25-,34-/m11/s1. The van der Waals surface area contributed by atoms with E-state index in [9.17, 15) is 33.9 Å². The molecule has 0 radical (unpaired) electrons. The zero-order valence-corrected chi connectivity index (χ0v) is 54.2. The first-order chi connectivity index (χ1) is 43.5. The molecule has 0 saturated heterocycles. The second-order valence-electron chi connectivity index (χ2n) is 25.4. The molecule has 6 aliphatic rings. The van der Waals surface area contributed by atoms with Gasteiger partial charge in [0.2, 0.25) is 11.8 Å². The number of ether oxygens (including phenoxy) is 5. The summed E-state index contributed by atoms with van der Waals surface area (Å²) in [6.07, 6.45) is 21.2. The molecular weight excluding hydrogens is 1180 g/mol. The molecule has 4 fully saturated rings. The van der Waals surface area contributed by atoms with Gasteiger partial charge in [0.15, 0.2) is 0 Å². The number of carbonyl (C=O) groups excluding carboxylic acids is 5. The number of pyridine rings is 2. The fourth-order valence-electron chi connectivity index (χ4n) is 14.4. The van der Waals surface area contributed by atoms with Crippen LogP contribution in [0.1, 0.15) is 121 Å². The topological polar surface area (TPSA) is 227 Å². The van der Waals surface area contributed by atoms with Gasteiger partial charge < -0.3 is 38.6 Å². The van der Waals surface area contributed by atoms with Crippen molar-refractivity contribution in [3.63, 3.8) is 0 Å². The number of nitrogens with zero attached hydrogens (tertiary/aromatic N) is 6. The van der Waals surface area contributed by atoms with Crippen LogP contribution in [-0.2, 0) is 33.5 Å². The maximum Gasteiger partial charge on any atom is 0.313 e. The number of methoxy groups -OCH3 is 2. The van der Waals surface area contributed by atoms with Gasteiger partial charge in [-0.1, -0.05) is 37.1 Å². The molecule has 6 aromatic rings. The number of aliphatic carboxylic acids is 1. The minimum atomic E-state index is -1.08. The van der Waals surface area contributed by atoms with Crippen molar-refractivity contribution in [2.24, 2.45) is 46.3 Å². The number of rotatable bonds is 11. The summed E-state index contributed by atoms with van der Waals surface area (Å²) >= 11 is 2.98. The van der Waals surface area contributed by atoms with Crippen LogP contribution >= 0.6 is 22.7 Å². The Morgan fingerprint density at radius 2 is 1.06 bits per heavy atom. The maximum absolute atomic E-state index is 14.2. The van der Waals surface area contributed by atoms with Crippen LogP contribution < -0.4 is 18.9 Å². The Balaban J connectivity index is 0.000000185. The number of benzene rings is 2. The van der Waals surface area contributed by atoms with Crippen LogP contribution in [-0.4, -0.2) is 130 Å². The van der Waals surface area contributed by atoms with E-state index in [0.717, 1.165) is 100 Å². The van der Waals surface area contributed by atoms with E-state index < -0.39 is 46.6 Å². The van der Waals surface area contributed by atoms with Gasteiger partial charge >= 0.3 is 11.9 Å². The summed E-state index contributed by atoms with van der Waals surface area (Å²) in [5.74, 6) is -1.24. The molecule has 2 amide bonds. The molecule has 0 spiro atoms. The molecule has 4 aliphatic carbocycles. The molecular formula is C70H82N6O12S2. The second kappa shape index (κ2) is 27.5. The highest BCUT2D eigenvalue weighted by Crippen LogP contribution is 2.59. The lowest BCUT2D eigenvalue weighted by Gasteiger charge is -2.25. The van der Waals surface area contributed by atoms with Crippen LogP contribution in [0.4, 0.5) is 0 Å². The number of ketones is 2. The highest BCUT2D eigenvalue weighted by atomic mass is 32.1. The van der Waals surface area contributed by atoms with Crippen molar-refractivity contribution >= 4 is 79.8 Å². The number of hydrogen-bond acceptors (Lipinski definition) is 17. The van der Waals surface area contributed by atoms with E-state index in [1.165, 1.54) is 22.7 Å². The highest BCUT2D eigenvalue weighted by molar-refractivity contribution is 7.13. The van der Waals surface area contributed by atoms with E-state index in [-0.39, 0.29) is 66.7 Å². The summed E-state index contributed by atoms with van der Waals surface area (Å²) in [4.78, 5) is 104. The molecule has 476 valence electrons. The smallest absolute Gasteiger partial charge is 0.313 e. The average molecular weight is 1260 g/mol. The Morgan fingerprint density at radius 1 is 0.611 bits per heavy atom. The van der Waals surface area contributed by atoms with Gasteiger partial charge in [0.05, 0.1) is 54.5 Å². The van der Waals surface area contributed by atoms with Crippen LogP contribution in [0.5, 0.6) is 23.0 Å². The number of allylic oxidation sites excluding steroid dienone is 4. The zero-order chi connectivity index (χ0) is 63.4. The number of amides is 2. The van der Waals surface area contributed by atoms with E-state index in [1.807, 2.05) is 74.1 Å².